The van der Waals surface area contributed by atoms with Crippen molar-refractivity contribution in [2.75, 3.05) is 6.54 Å². The molecule has 1 aliphatic heterocycles. The van der Waals surface area contributed by atoms with E-state index < -0.39 is 5.97 Å². The summed E-state index contributed by atoms with van der Waals surface area (Å²) >= 11 is 3.54. The molecular weight excluding hydrogens is 282 g/mol. The molecule has 4 heteroatoms. The Morgan fingerprint density at radius 3 is 3.00 bits per heavy atom. The van der Waals surface area contributed by atoms with Crippen molar-refractivity contribution in [2.45, 2.75) is 32.4 Å². The van der Waals surface area contributed by atoms with E-state index in [1.807, 2.05) is 11.8 Å². The largest absolute Gasteiger partial charge is 0.480 e. The minimum atomic E-state index is -0.703. The van der Waals surface area contributed by atoms with Crippen LogP contribution in [0.2, 0.25) is 0 Å². The smallest absolute Gasteiger partial charge is 0.320 e. The van der Waals surface area contributed by atoms with E-state index in [4.69, 9.17) is 5.11 Å². The van der Waals surface area contributed by atoms with Gasteiger partial charge in [-0.2, -0.15) is 0 Å². The first-order valence-corrected chi connectivity index (χ1v) is 6.59. The van der Waals surface area contributed by atoms with Crippen molar-refractivity contribution in [1.29, 1.82) is 0 Å². The Labute approximate surface area is 110 Å². The van der Waals surface area contributed by atoms with Gasteiger partial charge in [0.15, 0.2) is 0 Å². The van der Waals surface area contributed by atoms with Gasteiger partial charge >= 0.3 is 5.97 Å². The van der Waals surface area contributed by atoms with Crippen LogP contribution in [0.1, 0.15) is 24.0 Å². The summed E-state index contributed by atoms with van der Waals surface area (Å²) < 4.78 is 1.06. The predicted octanol–water partition coefficient (Wildman–Crippen LogP) is 2.81. The number of aliphatic carboxylic acids is 1. The highest BCUT2D eigenvalue weighted by Crippen LogP contribution is 2.24. The van der Waals surface area contributed by atoms with E-state index in [0.717, 1.165) is 29.4 Å². The van der Waals surface area contributed by atoms with E-state index in [1.165, 1.54) is 5.56 Å². The maximum Gasteiger partial charge on any atom is 0.320 e. The highest BCUT2D eigenvalue weighted by Gasteiger charge is 2.30. The van der Waals surface area contributed by atoms with Crippen molar-refractivity contribution >= 4 is 21.9 Å². The van der Waals surface area contributed by atoms with Gasteiger partial charge in [0.05, 0.1) is 0 Å². The van der Waals surface area contributed by atoms with E-state index in [-0.39, 0.29) is 6.04 Å². The third-order valence-electron chi connectivity index (χ3n) is 3.23. The molecule has 1 N–H and O–H groups in total. The number of benzene rings is 1. The summed E-state index contributed by atoms with van der Waals surface area (Å²) in [6, 6.07) is 5.88. The van der Waals surface area contributed by atoms with Gasteiger partial charge in [-0.25, -0.2) is 0 Å². The first kappa shape index (κ1) is 12.6. The lowest BCUT2D eigenvalue weighted by molar-refractivity contribution is -0.142. The summed E-state index contributed by atoms with van der Waals surface area (Å²) in [4.78, 5) is 13.1. The quantitative estimate of drug-likeness (QED) is 0.933. The van der Waals surface area contributed by atoms with E-state index in [0.29, 0.717) is 6.54 Å². The summed E-state index contributed by atoms with van der Waals surface area (Å²) in [5, 5.41) is 9.12. The number of nitrogens with zero attached hydrogens (tertiary/aromatic N) is 1. The van der Waals surface area contributed by atoms with Crippen LogP contribution < -0.4 is 0 Å². The Morgan fingerprint density at radius 2 is 2.35 bits per heavy atom. The van der Waals surface area contributed by atoms with Crippen molar-refractivity contribution in [3.05, 3.63) is 33.8 Å². The van der Waals surface area contributed by atoms with E-state index in [9.17, 15) is 4.79 Å². The highest BCUT2D eigenvalue weighted by atomic mass is 79.9. The fourth-order valence-corrected chi connectivity index (χ4v) is 2.91. The standard InChI is InChI=1S/C13H16BrNO2/c1-9-4-5-10(11(14)7-9)8-15-6-2-3-12(15)13(16)17/h4-5,7,12H,2-3,6,8H2,1H3,(H,16,17)/t12-/m0/s1. The topological polar surface area (TPSA) is 40.5 Å². The number of carbonyl (C=O) groups is 1. The van der Waals surface area contributed by atoms with Crippen LogP contribution in [0.4, 0.5) is 0 Å². The monoisotopic (exact) mass is 297 g/mol. The predicted molar refractivity (Wildman–Crippen MR) is 69.9 cm³/mol. The molecule has 0 spiro atoms. The third kappa shape index (κ3) is 2.87. The first-order chi connectivity index (χ1) is 8.08. The van der Waals surface area contributed by atoms with Gasteiger partial charge in [0, 0.05) is 11.0 Å². The van der Waals surface area contributed by atoms with Gasteiger partial charge in [0.1, 0.15) is 6.04 Å². The second-order valence-electron chi connectivity index (χ2n) is 4.56. The molecule has 0 aromatic heterocycles. The molecule has 1 fully saturated rings. The molecule has 0 bridgehead atoms. The molecule has 92 valence electrons. The van der Waals surface area contributed by atoms with Crippen LogP contribution in [0.5, 0.6) is 0 Å². The van der Waals surface area contributed by atoms with Gasteiger partial charge in [-0.1, -0.05) is 28.1 Å². The lowest BCUT2D eigenvalue weighted by Gasteiger charge is -2.21. The SMILES string of the molecule is Cc1ccc(CN2CCC[C@H]2C(=O)O)c(Br)c1. The van der Waals surface area contributed by atoms with Crippen LogP contribution in [0, 0.1) is 6.92 Å². The maximum absolute atomic E-state index is 11.1. The van der Waals surface area contributed by atoms with E-state index in [1.54, 1.807) is 0 Å². The molecule has 0 aliphatic carbocycles. The first-order valence-electron chi connectivity index (χ1n) is 5.80. The Morgan fingerprint density at radius 1 is 1.59 bits per heavy atom. The van der Waals surface area contributed by atoms with Crippen LogP contribution in [0.25, 0.3) is 0 Å². The number of likely N-dealkylation sites (tertiary alicyclic amines) is 1. The zero-order chi connectivity index (χ0) is 12.4. The molecule has 0 unspecified atom stereocenters. The van der Waals surface area contributed by atoms with Crippen molar-refractivity contribution in [2.24, 2.45) is 0 Å². The summed E-state index contributed by atoms with van der Waals surface area (Å²) in [6.45, 7) is 3.62. The number of carboxylic acids is 1. The van der Waals surface area contributed by atoms with Gasteiger partial charge in [-0.05, 0) is 43.5 Å². The second-order valence-corrected chi connectivity index (χ2v) is 5.42. The zero-order valence-corrected chi connectivity index (χ0v) is 11.4. The van der Waals surface area contributed by atoms with Crippen molar-refractivity contribution in [3.8, 4) is 0 Å². The summed E-state index contributed by atoms with van der Waals surface area (Å²) in [5.74, 6) is -0.703. The van der Waals surface area contributed by atoms with Crippen LogP contribution in [0.15, 0.2) is 22.7 Å². The average molecular weight is 298 g/mol. The molecule has 1 atom stereocenters. The fraction of sp³-hybridized carbons (Fsp3) is 0.462. The number of carboxylic acid groups (broad SMARTS) is 1. The number of hydrogen-bond acceptors (Lipinski definition) is 2. The van der Waals surface area contributed by atoms with Gasteiger partial charge in [0.2, 0.25) is 0 Å². The molecule has 3 nitrogen and oxygen atoms in total. The van der Waals surface area contributed by atoms with Crippen molar-refractivity contribution < 1.29 is 9.90 Å². The lowest BCUT2D eigenvalue weighted by Crippen LogP contribution is -2.35. The lowest BCUT2D eigenvalue weighted by atomic mass is 10.1. The normalized spacial score (nSPS) is 20.7. The Bertz CT molecular complexity index is 433. The minimum Gasteiger partial charge on any atom is -0.480 e. The number of aryl methyl sites for hydroxylation is 1. The minimum absolute atomic E-state index is 0.316. The van der Waals surface area contributed by atoms with Crippen LogP contribution >= 0.6 is 15.9 Å². The molecule has 1 aliphatic rings. The molecule has 0 saturated carbocycles. The molecular formula is C13H16BrNO2. The third-order valence-corrected chi connectivity index (χ3v) is 3.97. The molecule has 1 saturated heterocycles. The Kier molecular flexibility index (Phi) is 3.84. The molecule has 1 aromatic carbocycles. The molecule has 2 rings (SSSR count). The van der Waals surface area contributed by atoms with Gasteiger partial charge in [-0.3, -0.25) is 9.69 Å². The molecule has 1 heterocycles. The number of halogens is 1. The van der Waals surface area contributed by atoms with Gasteiger partial charge < -0.3 is 5.11 Å². The van der Waals surface area contributed by atoms with E-state index in [2.05, 4.69) is 34.1 Å². The van der Waals surface area contributed by atoms with E-state index >= 15 is 0 Å². The Balaban J connectivity index is 2.12. The van der Waals surface area contributed by atoms with Crippen molar-refractivity contribution in [1.82, 2.24) is 4.90 Å². The molecule has 0 amide bonds. The summed E-state index contributed by atoms with van der Waals surface area (Å²) in [6.07, 6.45) is 1.74. The highest BCUT2D eigenvalue weighted by molar-refractivity contribution is 9.10. The Hall–Kier alpha value is -0.870. The molecule has 17 heavy (non-hydrogen) atoms. The average Bonchev–Trinajstić information content (AvgIpc) is 2.70. The molecule has 1 aromatic rings. The van der Waals surface area contributed by atoms with Crippen LogP contribution in [-0.2, 0) is 11.3 Å². The molecule has 0 radical (unpaired) electrons. The summed E-state index contributed by atoms with van der Waals surface area (Å²) in [7, 11) is 0. The van der Waals surface area contributed by atoms with Crippen molar-refractivity contribution in [3.63, 3.8) is 0 Å². The fourth-order valence-electron chi connectivity index (χ4n) is 2.29. The van der Waals surface area contributed by atoms with Gasteiger partial charge in [-0.15, -0.1) is 0 Å². The summed E-state index contributed by atoms with van der Waals surface area (Å²) in [5.41, 5.74) is 2.36. The van der Waals surface area contributed by atoms with Crippen LogP contribution in [0.3, 0.4) is 0 Å². The number of rotatable bonds is 3. The maximum atomic E-state index is 11.1. The number of hydrogen-bond donors (Lipinski definition) is 1. The second kappa shape index (κ2) is 5.19. The van der Waals surface area contributed by atoms with Gasteiger partial charge in [0.25, 0.3) is 0 Å². The zero-order valence-electron chi connectivity index (χ0n) is 9.82. The van der Waals surface area contributed by atoms with Crippen LogP contribution in [-0.4, -0.2) is 28.6 Å².